The molecule has 1 aromatic carbocycles. The van der Waals surface area contributed by atoms with Crippen molar-refractivity contribution in [1.29, 1.82) is 0 Å². The van der Waals surface area contributed by atoms with Gasteiger partial charge in [-0.15, -0.1) is 0 Å². The van der Waals surface area contributed by atoms with Crippen molar-refractivity contribution < 1.29 is 19.0 Å². The fraction of sp³-hybridized carbons (Fsp3) is 0.368. The van der Waals surface area contributed by atoms with Crippen molar-refractivity contribution in [2.45, 2.75) is 32.6 Å². The van der Waals surface area contributed by atoms with Crippen LogP contribution in [0, 0.1) is 0 Å². The molecule has 0 radical (unpaired) electrons. The highest BCUT2D eigenvalue weighted by atomic mass is 16.5. The molecule has 1 N–H and O–H groups in total. The van der Waals surface area contributed by atoms with Crippen molar-refractivity contribution in [3.63, 3.8) is 0 Å². The average Bonchev–Trinajstić information content (AvgIpc) is 2.55. The Hall–Kier alpha value is -2.49. The van der Waals surface area contributed by atoms with Gasteiger partial charge >= 0.3 is 0 Å². The Kier molecular flexibility index (Phi) is 6.24. The molecule has 0 saturated heterocycles. The molecule has 0 aliphatic carbocycles. The number of nitrogens with one attached hydrogen (secondary N) is 1. The molecule has 0 fully saturated rings. The maximum absolute atomic E-state index is 10.2. The molecule has 0 saturated carbocycles. The van der Waals surface area contributed by atoms with Gasteiger partial charge in [0.25, 0.3) is 0 Å². The van der Waals surface area contributed by atoms with Gasteiger partial charge in [-0.2, -0.15) is 0 Å². The van der Waals surface area contributed by atoms with E-state index in [0.717, 1.165) is 11.3 Å². The van der Waals surface area contributed by atoms with Gasteiger partial charge in [0.2, 0.25) is 0 Å². The quantitative estimate of drug-likeness (QED) is 0.473. The zero-order chi connectivity index (χ0) is 17.4. The number of hydrogen-bond acceptors (Lipinski definition) is 5. The van der Waals surface area contributed by atoms with Crippen molar-refractivity contribution in [3.05, 3.63) is 53.9 Å². The minimum absolute atomic E-state index is 0.196. The molecule has 0 bridgehead atoms. The Morgan fingerprint density at radius 2 is 2.17 bits per heavy atom. The number of carbonyl (C=O) groups excluding carboxylic acids is 1. The second-order valence-electron chi connectivity index (χ2n) is 6.26. The van der Waals surface area contributed by atoms with Crippen LogP contribution < -0.4 is 10.1 Å². The second-order valence-corrected chi connectivity index (χ2v) is 6.26. The lowest BCUT2D eigenvalue weighted by Crippen LogP contribution is -2.31. The van der Waals surface area contributed by atoms with Gasteiger partial charge in [0.1, 0.15) is 29.7 Å². The van der Waals surface area contributed by atoms with Crippen molar-refractivity contribution in [3.8, 4) is 5.75 Å². The molecule has 1 aliphatic heterocycles. The lowest BCUT2D eigenvalue weighted by molar-refractivity contribution is 0.0196. The highest BCUT2D eigenvalue weighted by molar-refractivity contribution is 5.59. The first-order valence-electron chi connectivity index (χ1n) is 7.83. The molecule has 128 valence electrons. The standard InChI is InChI=1S/C19H23NO4/c1-19(2,3)24-16(14-22-12-6-11-21)13-20-18-10-9-15-7-4-5-8-17(15)23-18/h4-10,13,18,20H,12,14H2,1-3H3/b16-13+. The summed E-state index contributed by atoms with van der Waals surface area (Å²) in [6, 6.07) is 7.84. The molecule has 2 rings (SSSR count). The van der Waals surface area contributed by atoms with Gasteiger partial charge in [-0.1, -0.05) is 18.2 Å². The normalized spacial score (nSPS) is 16.6. The summed E-state index contributed by atoms with van der Waals surface area (Å²) in [6.45, 7) is 6.31. The summed E-state index contributed by atoms with van der Waals surface area (Å²) in [5, 5.41) is 3.16. The van der Waals surface area contributed by atoms with Gasteiger partial charge in [-0.05, 0) is 39.0 Å². The van der Waals surface area contributed by atoms with Crippen molar-refractivity contribution in [2.75, 3.05) is 13.2 Å². The minimum atomic E-state index is -0.354. The maximum atomic E-state index is 10.2. The van der Waals surface area contributed by atoms with Gasteiger partial charge < -0.3 is 19.5 Å². The van der Waals surface area contributed by atoms with E-state index in [4.69, 9.17) is 14.2 Å². The molecule has 24 heavy (non-hydrogen) atoms. The first kappa shape index (κ1) is 17.9. The smallest absolute Gasteiger partial charge is 0.189 e. The molecule has 0 amide bonds. The van der Waals surface area contributed by atoms with E-state index in [2.05, 4.69) is 5.32 Å². The Morgan fingerprint density at radius 1 is 1.38 bits per heavy atom. The highest BCUT2D eigenvalue weighted by Crippen LogP contribution is 2.24. The summed E-state index contributed by atoms with van der Waals surface area (Å²) in [6.07, 6.45) is 6.68. The zero-order valence-electron chi connectivity index (χ0n) is 14.2. The van der Waals surface area contributed by atoms with Crippen LogP contribution in [0.25, 0.3) is 6.08 Å². The molecule has 5 nitrogen and oxygen atoms in total. The second kappa shape index (κ2) is 8.39. The Labute approximate surface area is 142 Å². The van der Waals surface area contributed by atoms with Crippen LogP contribution >= 0.6 is 0 Å². The predicted molar refractivity (Wildman–Crippen MR) is 93.0 cm³/mol. The Balaban J connectivity index is 1.97. The van der Waals surface area contributed by atoms with E-state index in [1.54, 1.807) is 12.1 Å². The van der Waals surface area contributed by atoms with Crippen LogP contribution in [0.4, 0.5) is 0 Å². The third kappa shape index (κ3) is 5.95. The predicted octanol–water partition coefficient (Wildman–Crippen LogP) is 3.07. The number of fused-ring (bicyclic) bond motifs is 1. The minimum Gasteiger partial charge on any atom is -0.489 e. The van der Waals surface area contributed by atoms with E-state index >= 15 is 0 Å². The molecule has 1 atom stereocenters. The highest BCUT2D eigenvalue weighted by Gasteiger charge is 2.16. The largest absolute Gasteiger partial charge is 0.489 e. The van der Waals surface area contributed by atoms with E-state index < -0.39 is 0 Å². The maximum Gasteiger partial charge on any atom is 0.189 e. The SMILES string of the molecule is CC(C)(C)O/C(=C/NC1C=Cc2ccccc2O1)COCC=C=O. The average molecular weight is 329 g/mol. The molecular formula is C19H23NO4. The fourth-order valence-corrected chi connectivity index (χ4v) is 2.10. The molecule has 0 spiro atoms. The molecule has 5 heteroatoms. The summed E-state index contributed by atoms with van der Waals surface area (Å²) < 4.78 is 17.1. The third-order valence-electron chi connectivity index (χ3n) is 3.00. The summed E-state index contributed by atoms with van der Waals surface area (Å²) in [5.74, 6) is 3.13. The summed E-state index contributed by atoms with van der Waals surface area (Å²) >= 11 is 0. The number of benzene rings is 1. The molecule has 1 heterocycles. The van der Waals surface area contributed by atoms with Crippen LogP contribution in [0.15, 0.2) is 48.4 Å². The third-order valence-corrected chi connectivity index (χ3v) is 3.00. The summed E-state index contributed by atoms with van der Waals surface area (Å²) in [7, 11) is 0. The number of hydrogen-bond donors (Lipinski definition) is 1. The van der Waals surface area contributed by atoms with Gasteiger partial charge in [-0.25, -0.2) is 4.79 Å². The monoisotopic (exact) mass is 329 g/mol. The topological polar surface area (TPSA) is 56.8 Å². The van der Waals surface area contributed by atoms with E-state index in [1.165, 1.54) is 6.08 Å². The molecule has 1 aliphatic rings. The van der Waals surface area contributed by atoms with Crippen LogP contribution in [0.1, 0.15) is 26.3 Å². The molecular weight excluding hydrogens is 306 g/mol. The fourth-order valence-electron chi connectivity index (χ4n) is 2.10. The van der Waals surface area contributed by atoms with E-state index in [1.807, 2.05) is 57.2 Å². The lowest BCUT2D eigenvalue weighted by atomic mass is 10.1. The number of rotatable bonds is 7. The van der Waals surface area contributed by atoms with Crippen molar-refractivity contribution in [1.82, 2.24) is 5.32 Å². The van der Waals surface area contributed by atoms with Gasteiger partial charge in [-0.3, -0.25) is 0 Å². The zero-order valence-corrected chi connectivity index (χ0v) is 14.2. The van der Waals surface area contributed by atoms with E-state index in [9.17, 15) is 4.79 Å². The van der Waals surface area contributed by atoms with Crippen molar-refractivity contribution in [2.24, 2.45) is 0 Å². The van der Waals surface area contributed by atoms with Crippen molar-refractivity contribution >= 4 is 12.0 Å². The Bertz CT molecular complexity index is 652. The number of ether oxygens (including phenoxy) is 3. The molecule has 0 aromatic heterocycles. The van der Waals surface area contributed by atoms with Crippen LogP contribution in [0.5, 0.6) is 5.75 Å². The lowest BCUT2D eigenvalue weighted by Gasteiger charge is -2.25. The first-order valence-corrected chi connectivity index (χ1v) is 7.83. The number of para-hydroxylation sites is 1. The first-order chi connectivity index (χ1) is 11.5. The summed E-state index contributed by atoms with van der Waals surface area (Å²) in [4.78, 5) is 10.2. The Morgan fingerprint density at radius 3 is 2.92 bits per heavy atom. The van der Waals surface area contributed by atoms with Gasteiger partial charge in [0, 0.05) is 17.8 Å². The van der Waals surface area contributed by atoms with Gasteiger partial charge in [0.05, 0.1) is 6.61 Å². The van der Waals surface area contributed by atoms with Crippen LogP contribution in [0.3, 0.4) is 0 Å². The van der Waals surface area contributed by atoms with Crippen LogP contribution in [-0.2, 0) is 14.3 Å². The van der Waals surface area contributed by atoms with Crippen LogP contribution in [-0.4, -0.2) is 31.0 Å². The molecule has 1 aromatic rings. The summed E-state index contributed by atoms with van der Waals surface area (Å²) in [5.41, 5.74) is 0.697. The van der Waals surface area contributed by atoms with E-state index in [0.29, 0.717) is 5.76 Å². The van der Waals surface area contributed by atoms with Gasteiger partial charge in [0.15, 0.2) is 6.23 Å². The van der Waals surface area contributed by atoms with E-state index in [-0.39, 0.29) is 25.0 Å². The van der Waals surface area contributed by atoms with Crippen LogP contribution in [0.2, 0.25) is 0 Å². The molecule has 1 unspecified atom stereocenters.